The fraction of sp³-hybridized carbons (Fsp3) is 0.222. The normalized spacial score (nSPS) is 15.1. The molecule has 0 radical (unpaired) electrons. The minimum Gasteiger partial charge on any atom is -0.382 e. The Morgan fingerprint density at radius 2 is 1.86 bits per heavy atom. The Labute approximate surface area is 201 Å². The fourth-order valence-corrected chi connectivity index (χ4v) is 4.80. The molecule has 3 aromatic heterocycles. The molecule has 0 spiro atoms. The first-order chi connectivity index (χ1) is 17.1. The molecular weight excluding hydrogens is 445 g/mol. The summed E-state index contributed by atoms with van der Waals surface area (Å²) in [5.41, 5.74) is 4.49. The van der Waals surface area contributed by atoms with Gasteiger partial charge in [-0.1, -0.05) is 6.07 Å². The summed E-state index contributed by atoms with van der Waals surface area (Å²) in [5, 5.41) is 13.0. The zero-order chi connectivity index (χ0) is 23.9. The third-order valence-electron chi connectivity index (χ3n) is 6.63. The van der Waals surface area contributed by atoms with Crippen LogP contribution in [-0.4, -0.2) is 50.9 Å². The molecule has 6 rings (SSSR count). The number of rotatable bonds is 4. The molecule has 1 aliphatic rings. The number of aliphatic hydroxyl groups is 1. The molecule has 0 amide bonds. The molecule has 1 saturated heterocycles. The van der Waals surface area contributed by atoms with E-state index < -0.39 is 11.9 Å². The summed E-state index contributed by atoms with van der Waals surface area (Å²) in [6.07, 6.45) is 4.04. The highest BCUT2D eigenvalue weighted by Crippen LogP contribution is 2.34. The Balaban J connectivity index is 1.42. The van der Waals surface area contributed by atoms with Gasteiger partial charge in [-0.15, -0.1) is 0 Å². The zero-order valence-electron chi connectivity index (χ0n) is 19.2. The number of hydrogen-bond donors (Lipinski definition) is 1. The second kappa shape index (κ2) is 8.72. The van der Waals surface area contributed by atoms with Crippen molar-refractivity contribution in [3.63, 3.8) is 0 Å². The van der Waals surface area contributed by atoms with Crippen molar-refractivity contribution in [2.45, 2.75) is 6.10 Å². The number of aromatic nitrogens is 4. The van der Waals surface area contributed by atoms with E-state index in [0.29, 0.717) is 35.7 Å². The van der Waals surface area contributed by atoms with Crippen LogP contribution in [0.15, 0.2) is 67.3 Å². The maximum Gasteiger partial charge on any atom is 0.132 e. The molecule has 8 heteroatoms. The zero-order valence-corrected chi connectivity index (χ0v) is 19.2. The molecule has 1 fully saturated rings. The van der Waals surface area contributed by atoms with Gasteiger partial charge in [0.05, 0.1) is 35.6 Å². The van der Waals surface area contributed by atoms with Gasteiger partial charge < -0.3 is 19.3 Å². The lowest BCUT2D eigenvalue weighted by Crippen LogP contribution is -2.36. The minimum absolute atomic E-state index is 0.312. The van der Waals surface area contributed by atoms with Gasteiger partial charge in [0.2, 0.25) is 0 Å². The van der Waals surface area contributed by atoms with Crippen molar-refractivity contribution in [2.75, 3.05) is 31.2 Å². The summed E-state index contributed by atoms with van der Waals surface area (Å²) >= 11 is 0. The molecule has 35 heavy (non-hydrogen) atoms. The van der Waals surface area contributed by atoms with E-state index in [-0.39, 0.29) is 0 Å². The van der Waals surface area contributed by atoms with Gasteiger partial charge in [-0.3, -0.25) is 4.98 Å². The molecule has 0 bridgehead atoms. The third kappa shape index (κ3) is 3.80. The number of aryl methyl sites for hydroxylation is 1. The highest BCUT2D eigenvalue weighted by molar-refractivity contribution is 5.94. The fourth-order valence-electron chi connectivity index (χ4n) is 4.80. The van der Waals surface area contributed by atoms with Gasteiger partial charge in [0.25, 0.3) is 0 Å². The molecule has 4 heterocycles. The molecule has 1 unspecified atom stereocenters. The molecule has 5 aromatic rings. The summed E-state index contributed by atoms with van der Waals surface area (Å²) in [6.45, 7) is 3.03. The molecule has 0 saturated carbocycles. The predicted octanol–water partition coefficient (Wildman–Crippen LogP) is 4.24. The lowest BCUT2D eigenvalue weighted by atomic mass is 9.98. The molecule has 176 valence electrons. The highest BCUT2D eigenvalue weighted by atomic mass is 19.1. The van der Waals surface area contributed by atoms with Crippen LogP contribution in [0.4, 0.5) is 10.1 Å². The smallest absolute Gasteiger partial charge is 0.132 e. The van der Waals surface area contributed by atoms with Crippen molar-refractivity contribution in [1.29, 1.82) is 0 Å². The maximum absolute atomic E-state index is 15.1. The second-order valence-electron chi connectivity index (χ2n) is 8.73. The summed E-state index contributed by atoms with van der Waals surface area (Å²) < 4.78 is 22.5. The van der Waals surface area contributed by atoms with Crippen molar-refractivity contribution in [1.82, 2.24) is 19.5 Å². The van der Waals surface area contributed by atoms with Crippen LogP contribution in [-0.2, 0) is 11.8 Å². The van der Waals surface area contributed by atoms with Crippen LogP contribution >= 0.6 is 0 Å². The predicted molar refractivity (Wildman–Crippen MR) is 133 cm³/mol. The number of fused-ring (bicyclic) bond motifs is 2. The van der Waals surface area contributed by atoms with Crippen LogP contribution < -0.4 is 4.90 Å². The van der Waals surface area contributed by atoms with E-state index >= 15 is 4.39 Å². The SMILES string of the molecule is Cn1ccc2ccnc(C(O)c3ccc(F)c(-c4ncnc5cc(N6CCOCC6)ccc45)c3)c21. The van der Waals surface area contributed by atoms with Gasteiger partial charge in [0, 0.05) is 54.6 Å². The number of pyridine rings is 1. The van der Waals surface area contributed by atoms with Gasteiger partial charge in [0.15, 0.2) is 0 Å². The first kappa shape index (κ1) is 21.6. The largest absolute Gasteiger partial charge is 0.382 e. The lowest BCUT2D eigenvalue weighted by molar-refractivity contribution is 0.122. The van der Waals surface area contributed by atoms with Crippen LogP contribution in [0.2, 0.25) is 0 Å². The summed E-state index contributed by atoms with van der Waals surface area (Å²) in [7, 11) is 1.91. The summed E-state index contributed by atoms with van der Waals surface area (Å²) in [6, 6.07) is 14.4. The van der Waals surface area contributed by atoms with Gasteiger partial charge in [-0.25, -0.2) is 14.4 Å². The first-order valence-electron chi connectivity index (χ1n) is 11.6. The van der Waals surface area contributed by atoms with Crippen LogP contribution in [0.3, 0.4) is 0 Å². The average Bonchev–Trinajstić information content (AvgIpc) is 3.29. The van der Waals surface area contributed by atoms with E-state index in [4.69, 9.17) is 4.74 Å². The first-order valence-corrected chi connectivity index (χ1v) is 11.6. The minimum atomic E-state index is -1.02. The van der Waals surface area contributed by atoms with Crippen molar-refractivity contribution in [3.8, 4) is 11.3 Å². The van der Waals surface area contributed by atoms with Crippen molar-refractivity contribution >= 4 is 27.5 Å². The average molecular weight is 470 g/mol. The van der Waals surface area contributed by atoms with Gasteiger partial charge in [-0.05, 0) is 48.0 Å². The van der Waals surface area contributed by atoms with Gasteiger partial charge in [-0.2, -0.15) is 0 Å². The summed E-state index contributed by atoms with van der Waals surface area (Å²) in [5.74, 6) is -0.414. The van der Waals surface area contributed by atoms with Crippen molar-refractivity contribution in [2.24, 2.45) is 7.05 Å². The quantitative estimate of drug-likeness (QED) is 0.424. The second-order valence-corrected chi connectivity index (χ2v) is 8.73. The number of benzene rings is 2. The Hall–Kier alpha value is -3.88. The van der Waals surface area contributed by atoms with E-state index in [1.54, 1.807) is 18.3 Å². The summed E-state index contributed by atoms with van der Waals surface area (Å²) in [4.78, 5) is 15.6. The van der Waals surface area contributed by atoms with Crippen LogP contribution in [0, 0.1) is 5.82 Å². The van der Waals surface area contributed by atoms with Crippen molar-refractivity contribution < 1.29 is 14.2 Å². The number of ether oxygens (including phenoxy) is 1. The monoisotopic (exact) mass is 469 g/mol. The van der Waals surface area contributed by atoms with Crippen LogP contribution in [0.5, 0.6) is 0 Å². The molecular formula is C27H24FN5O2. The Kier molecular flexibility index (Phi) is 5.39. The van der Waals surface area contributed by atoms with E-state index in [9.17, 15) is 5.11 Å². The van der Waals surface area contributed by atoms with Crippen LogP contribution in [0.25, 0.3) is 33.1 Å². The van der Waals surface area contributed by atoms with E-state index in [2.05, 4.69) is 19.9 Å². The van der Waals surface area contributed by atoms with E-state index in [0.717, 1.165) is 40.6 Å². The molecule has 7 nitrogen and oxygen atoms in total. The maximum atomic E-state index is 15.1. The third-order valence-corrected chi connectivity index (χ3v) is 6.63. The number of aliphatic hydroxyl groups excluding tert-OH is 1. The van der Waals surface area contributed by atoms with Gasteiger partial charge >= 0.3 is 0 Å². The molecule has 1 N–H and O–H groups in total. The Bertz CT molecular complexity index is 1540. The molecule has 1 aliphatic heterocycles. The molecule has 2 aromatic carbocycles. The lowest BCUT2D eigenvalue weighted by Gasteiger charge is -2.29. The number of morpholine rings is 1. The van der Waals surface area contributed by atoms with Crippen LogP contribution in [0.1, 0.15) is 17.4 Å². The molecule has 1 atom stereocenters. The Morgan fingerprint density at radius 3 is 2.71 bits per heavy atom. The topological polar surface area (TPSA) is 76.3 Å². The number of anilines is 1. The highest BCUT2D eigenvalue weighted by Gasteiger charge is 2.21. The Morgan fingerprint density at radius 1 is 1.00 bits per heavy atom. The standard InChI is InChI=1S/C27H24FN5O2/c1-32-9-7-17-6-8-29-25(26(17)32)27(34)18-2-5-22(28)21(14-18)24-20-4-3-19(15-23(20)30-16-31-24)33-10-12-35-13-11-33/h2-9,14-16,27,34H,10-13H2,1H3. The van der Waals surface area contributed by atoms with Gasteiger partial charge in [0.1, 0.15) is 18.2 Å². The number of halogens is 1. The number of hydrogen-bond acceptors (Lipinski definition) is 6. The number of nitrogens with zero attached hydrogens (tertiary/aromatic N) is 5. The van der Waals surface area contributed by atoms with E-state index in [1.165, 1.54) is 12.4 Å². The van der Waals surface area contributed by atoms with E-state index in [1.807, 2.05) is 48.1 Å². The van der Waals surface area contributed by atoms with Crippen molar-refractivity contribution in [3.05, 3.63) is 84.3 Å². The molecule has 0 aliphatic carbocycles.